The molecule has 0 saturated heterocycles. The molecule has 0 aliphatic heterocycles. The van der Waals surface area contributed by atoms with Gasteiger partial charge in [0.1, 0.15) is 0 Å². The molecule has 8 nitrogen and oxygen atoms in total. The summed E-state index contributed by atoms with van der Waals surface area (Å²) < 4.78 is 203. The molecule has 0 saturated carbocycles. The maximum absolute atomic E-state index is 11.3. The zero-order chi connectivity index (χ0) is 32.6. The van der Waals surface area contributed by atoms with Gasteiger partial charge in [0.2, 0.25) is 0 Å². The summed E-state index contributed by atoms with van der Waals surface area (Å²) in [5.41, 5.74) is 0. The molecule has 4 N–H and O–H groups in total. The largest absolute Gasteiger partial charge is 0.869 e. The van der Waals surface area contributed by atoms with Crippen molar-refractivity contribution in [3.63, 3.8) is 0 Å². The molecule has 0 atom stereocenters. The van der Waals surface area contributed by atoms with Gasteiger partial charge in [-0.25, -0.2) is 0 Å². The predicted molar refractivity (Wildman–Crippen MR) is 82.8 cm³/mol. The monoisotopic (exact) mass is 799 g/mol. The van der Waals surface area contributed by atoms with Gasteiger partial charge < -0.3 is 26.3 Å². The van der Waals surface area contributed by atoms with Gasteiger partial charge in [-0.2, -0.15) is 79.0 Å². The fourth-order valence-electron chi connectivity index (χ4n) is 0.848. The standard InChI is InChI=1S/3C5H2F6O2.Nd.2H2O/c3*6-4(7,8)2(12)1-3(13)5(9,10)11;;;/h3*1,12H;;2*1H2/p-3/b3*2-1-;;;. The van der Waals surface area contributed by atoms with E-state index in [0.29, 0.717) is 0 Å². The van der Waals surface area contributed by atoms with Crippen LogP contribution in [0.1, 0.15) is 0 Å². The first-order valence-electron chi connectivity index (χ1n) is 7.86. The molecule has 42 heavy (non-hydrogen) atoms. The SMILES string of the molecule is O.O.O=C(/C=C(\[O-])C(F)(F)F)C(F)(F)F.O=C(/C=C(\[O-])C(F)(F)F)C(F)(F)F.O=C(/C=C(\[O-])C(F)(F)F)C(F)(F)F.[Nd]. The van der Waals surface area contributed by atoms with Gasteiger partial charge >= 0.3 is 37.1 Å². The van der Waals surface area contributed by atoms with Crippen LogP contribution in [0, 0.1) is 40.8 Å². The summed E-state index contributed by atoms with van der Waals surface area (Å²) in [4.78, 5) is 29.5. The van der Waals surface area contributed by atoms with E-state index in [1.54, 1.807) is 0 Å². The van der Waals surface area contributed by atoms with Gasteiger partial charge in [-0.15, -0.1) is 0 Å². The fourth-order valence-corrected chi connectivity index (χ4v) is 0.848. The molecule has 0 aromatic heterocycles. The Labute approximate surface area is 250 Å². The molecule has 0 bridgehead atoms. The summed E-state index contributed by atoms with van der Waals surface area (Å²) in [5, 5.41) is 29.5. The van der Waals surface area contributed by atoms with Crippen LogP contribution < -0.4 is 15.3 Å². The number of ketones is 3. The van der Waals surface area contributed by atoms with E-state index < -0.39 is 89.9 Å². The first kappa shape index (κ1) is 52.3. The van der Waals surface area contributed by atoms with Gasteiger partial charge in [0, 0.05) is 40.8 Å². The first-order chi connectivity index (χ1) is 16.6. The van der Waals surface area contributed by atoms with E-state index >= 15 is 0 Å². The number of hydrogen-bond donors (Lipinski definition) is 0. The van der Waals surface area contributed by atoms with Crippen LogP contribution in [0.2, 0.25) is 0 Å². The van der Waals surface area contributed by atoms with Crippen LogP contribution in [-0.2, 0) is 14.4 Å². The topological polar surface area (TPSA) is 183 Å². The second-order valence-corrected chi connectivity index (χ2v) is 5.61. The minimum absolute atomic E-state index is 0. The minimum atomic E-state index is -5.46. The van der Waals surface area contributed by atoms with E-state index in [2.05, 4.69) is 0 Å². The van der Waals surface area contributed by atoms with Crippen molar-refractivity contribution in [1.82, 2.24) is 0 Å². The van der Waals surface area contributed by atoms with Crippen LogP contribution in [0.4, 0.5) is 79.0 Å². The second kappa shape index (κ2) is 18.3. The van der Waals surface area contributed by atoms with Gasteiger partial charge in [-0.05, 0) is 35.5 Å². The molecule has 0 fully saturated rings. The van der Waals surface area contributed by atoms with Crippen molar-refractivity contribution < 1.29 is 161 Å². The number of halogens is 18. The van der Waals surface area contributed by atoms with Crippen molar-refractivity contribution in [2.24, 2.45) is 0 Å². The third kappa shape index (κ3) is 24.3. The van der Waals surface area contributed by atoms with E-state index in [-0.39, 0.29) is 51.8 Å². The molecule has 0 spiro atoms. The number of allylic oxidation sites excluding steroid dienone is 6. The van der Waals surface area contributed by atoms with Gasteiger partial charge in [-0.1, -0.05) is 0 Å². The van der Waals surface area contributed by atoms with E-state index in [1.807, 2.05) is 0 Å². The number of carbonyl (C=O) groups excluding carboxylic acids is 3. The molecule has 0 aromatic carbocycles. The Balaban J connectivity index is -0.000000112. The predicted octanol–water partition coefficient (Wildman–Crippen LogP) is 1.12. The van der Waals surface area contributed by atoms with E-state index in [9.17, 15) is 109 Å². The average molecular weight is 801 g/mol. The van der Waals surface area contributed by atoms with E-state index in [4.69, 9.17) is 0 Å². The van der Waals surface area contributed by atoms with Crippen molar-refractivity contribution in [1.29, 1.82) is 0 Å². The Bertz CT molecular complexity index is 839. The molecule has 0 unspecified atom stereocenters. The van der Waals surface area contributed by atoms with Crippen molar-refractivity contribution >= 4 is 17.3 Å². The zero-order valence-electron chi connectivity index (χ0n) is 18.5. The number of carbonyl (C=O) groups is 3. The quantitative estimate of drug-likeness (QED) is 0.234. The Hall–Kier alpha value is -2.36. The number of rotatable bonds is 3. The summed E-state index contributed by atoms with van der Waals surface area (Å²) >= 11 is 0. The van der Waals surface area contributed by atoms with Gasteiger partial charge in [-0.3, -0.25) is 14.4 Å². The fraction of sp³-hybridized carbons (Fsp3) is 0.400. The number of alkyl halides is 18. The van der Waals surface area contributed by atoms with Crippen molar-refractivity contribution in [2.75, 3.05) is 0 Å². The third-order valence-electron chi connectivity index (χ3n) is 2.46. The molecule has 0 heterocycles. The number of hydrogen-bond acceptors (Lipinski definition) is 6. The Kier molecular flexibility index (Phi) is 22.8. The van der Waals surface area contributed by atoms with Crippen LogP contribution in [0.25, 0.3) is 0 Å². The van der Waals surface area contributed by atoms with Crippen LogP contribution in [0.3, 0.4) is 0 Å². The van der Waals surface area contributed by atoms with Crippen LogP contribution in [0.5, 0.6) is 0 Å². The smallest absolute Gasteiger partial charge is 0.454 e. The van der Waals surface area contributed by atoms with Crippen LogP contribution in [0.15, 0.2) is 35.5 Å². The summed E-state index contributed by atoms with van der Waals surface area (Å²) in [6, 6.07) is 0. The maximum atomic E-state index is 11.3. The molecule has 0 rings (SSSR count). The van der Waals surface area contributed by atoms with Crippen molar-refractivity contribution in [3.05, 3.63) is 35.5 Å². The Morgan fingerprint density at radius 1 is 0.357 bits per heavy atom. The molecule has 0 aliphatic carbocycles. The van der Waals surface area contributed by atoms with Crippen LogP contribution in [-0.4, -0.2) is 65.4 Å². The Morgan fingerprint density at radius 2 is 0.476 bits per heavy atom. The molecular weight excluding hydrogens is 794 g/mol. The van der Waals surface area contributed by atoms with Crippen LogP contribution >= 0.6 is 0 Å². The van der Waals surface area contributed by atoms with Gasteiger partial charge in [0.15, 0.2) is 0 Å². The minimum Gasteiger partial charge on any atom is -0.869 e. The van der Waals surface area contributed by atoms with Gasteiger partial charge in [0.25, 0.3) is 17.3 Å². The molecule has 0 radical (unpaired) electrons. The van der Waals surface area contributed by atoms with Crippen molar-refractivity contribution in [3.8, 4) is 0 Å². The summed E-state index contributed by atoms with van der Waals surface area (Å²) in [7, 11) is 0. The molecule has 27 heteroatoms. The summed E-state index contributed by atoms with van der Waals surface area (Å²) in [6.07, 6.45) is -35.8. The zero-order valence-corrected chi connectivity index (χ0v) is 21.7. The molecular formula is C15H7F18NdO8-3. The average Bonchev–Trinajstić information content (AvgIpc) is 2.64. The molecule has 248 valence electrons. The van der Waals surface area contributed by atoms with Crippen molar-refractivity contribution in [2.45, 2.75) is 37.1 Å². The maximum Gasteiger partial charge on any atom is 0.454 e. The van der Waals surface area contributed by atoms with E-state index in [0.717, 1.165) is 0 Å². The summed E-state index contributed by atoms with van der Waals surface area (Å²) in [5.74, 6) is -16.9. The first-order valence-corrected chi connectivity index (χ1v) is 7.86. The van der Waals surface area contributed by atoms with E-state index in [1.165, 1.54) is 0 Å². The Morgan fingerprint density at radius 3 is 0.548 bits per heavy atom. The normalized spacial score (nSPS) is 13.4. The summed E-state index contributed by atoms with van der Waals surface area (Å²) in [6.45, 7) is 0. The third-order valence-corrected chi connectivity index (χ3v) is 2.46. The second-order valence-electron chi connectivity index (χ2n) is 5.61. The molecule has 0 aromatic rings. The molecule has 0 aliphatic rings. The molecule has 0 amide bonds. The van der Waals surface area contributed by atoms with Gasteiger partial charge in [0.05, 0.1) is 0 Å².